The van der Waals surface area contributed by atoms with Gasteiger partial charge in [0.15, 0.2) is 0 Å². The van der Waals surface area contributed by atoms with Crippen LogP contribution in [0.1, 0.15) is 22.1 Å². The van der Waals surface area contributed by atoms with Crippen molar-refractivity contribution >= 4 is 21.4 Å². The van der Waals surface area contributed by atoms with Gasteiger partial charge in [-0.15, -0.1) is 11.3 Å². The second-order valence-electron chi connectivity index (χ2n) is 8.54. The lowest BCUT2D eigenvalue weighted by atomic mass is 9.89. The van der Waals surface area contributed by atoms with Gasteiger partial charge in [0, 0.05) is 28.1 Å². The van der Waals surface area contributed by atoms with Crippen molar-refractivity contribution in [1.29, 1.82) is 0 Å². The summed E-state index contributed by atoms with van der Waals surface area (Å²) in [5, 5.41) is 43.5. The standard InChI is InChI=1S/C24H27NO6S/c1-25-8-9-30-17-7-6-13(10-15-12-14-4-2-3-5-18(14)32-15)11-16(17)22-20(27)19(26)21(28)23(31-22)24(25)29/h2-7,11-12,19-24,26-29H,8-10H2,1H3/t19-,20-,21+,22+,23+,24?/m1/s1. The Hall–Kier alpha value is -2.04. The summed E-state index contributed by atoms with van der Waals surface area (Å²) in [4.78, 5) is 2.80. The number of aliphatic hydroxyl groups is 4. The van der Waals surface area contributed by atoms with E-state index >= 15 is 0 Å². The average molecular weight is 458 g/mol. The van der Waals surface area contributed by atoms with Gasteiger partial charge in [-0.25, -0.2) is 0 Å². The number of ether oxygens (including phenoxy) is 2. The fourth-order valence-electron chi connectivity index (χ4n) is 4.48. The Bertz CT molecular complexity index is 1070. The molecule has 0 radical (unpaired) electrons. The molecule has 8 heteroatoms. The molecule has 1 aromatic heterocycles. The maximum atomic E-state index is 10.7. The third-order valence-corrected chi connectivity index (χ3v) is 7.45. The molecular formula is C24H27NO6S. The molecule has 6 atom stereocenters. The summed E-state index contributed by atoms with van der Waals surface area (Å²) in [6.07, 6.45) is -6.70. The largest absolute Gasteiger partial charge is 0.492 e. The first-order valence-corrected chi connectivity index (χ1v) is 11.5. The predicted octanol–water partition coefficient (Wildman–Crippen LogP) is 1.66. The predicted molar refractivity (Wildman–Crippen MR) is 121 cm³/mol. The second-order valence-corrected chi connectivity index (χ2v) is 9.70. The Balaban J connectivity index is 1.51. The minimum absolute atomic E-state index is 0.324. The summed E-state index contributed by atoms with van der Waals surface area (Å²) < 4.78 is 13.2. The van der Waals surface area contributed by atoms with E-state index in [1.54, 1.807) is 23.3 Å². The number of thiophene rings is 1. The van der Waals surface area contributed by atoms with Gasteiger partial charge >= 0.3 is 0 Å². The number of nitrogens with zero attached hydrogens (tertiary/aromatic N) is 1. The molecule has 4 N–H and O–H groups in total. The van der Waals surface area contributed by atoms with Crippen LogP contribution in [0.2, 0.25) is 0 Å². The molecule has 0 saturated carbocycles. The van der Waals surface area contributed by atoms with Crippen LogP contribution in [0.15, 0.2) is 48.5 Å². The lowest BCUT2D eigenvalue weighted by molar-refractivity contribution is -0.262. The van der Waals surface area contributed by atoms with Gasteiger partial charge in [-0.3, -0.25) is 4.90 Å². The normalized spacial score (nSPS) is 31.2. The Labute approximate surface area is 190 Å². The molecule has 2 bridgehead atoms. The Morgan fingerprint density at radius 1 is 1.00 bits per heavy atom. The molecular weight excluding hydrogens is 430 g/mol. The molecule has 1 unspecified atom stereocenters. The molecule has 0 spiro atoms. The summed E-state index contributed by atoms with van der Waals surface area (Å²) in [5.74, 6) is 0.557. The SMILES string of the molecule is CN1CCOc2ccc(Cc3cc4ccccc4s3)cc2[C@@H]2O[C@H](C1O)[C@@H](O)[C@H](O)[C@H]2O. The molecule has 0 amide bonds. The van der Waals surface area contributed by atoms with Crippen molar-refractivity contribution in [3.05, 3.63) is 64.5 Å². The Kier molecular flexibility index (Phi) is 5.94. The van der Waals surface area contributed by atoms with E-state index in [0.717, 1.165) is 5.56 Å². The van der Waals surface area contributed by atoms with Gasteiger partial charge in [0.05, 0.1) is 0 Å². The molecule has 1 fully saturated rings. The fourth-order valence-corrected chi connectivity index (χ4v) is 5.58. The quantitative estimate of drug-likeness (QED) is 0.464. The molecule has 2 aromatic carbocycles. The van der Waals surface area contributed by atoms with Crippen LogP contribution in [0.3, 0.4) is 0 Å². The van der Waals surface area contributed by atoms with Crippen LogP contribution in [-0.2, 0) is 11.2 Å². The fraction of sp³-hybridized carbons (Fsp3) is 0.417. The minimum atomic E-state index is -1.46. The molecule has 5 rings (SSSR count). The van der Waals surface area contributed by atoms with Gasteiger partial charge in [-0.05, 0) is 42.3 Å². The van der Waals surface area contributed by atoms with Gasteiger partial charge in [0.2, 0.25) is 0 Å². The molecule has 170 valence electrons. The summed E-state index contributed by atoms with van der Waals surface area (Å²) in [6.45, 7) is 0.727. The highest BCUT2D eigenvalue weighted by molar-refractivity contribution is 7.19. The molecule has 3 aromatic rings. The van der Waals surface area contributed by atoms with E-state index in [0.29, 0.717) is 30.9 Å². The van der Waals surface area contributed by atoms with Crippen LogP contribution in [-0.4, -0.2) is 76.2 Å². The van der Waals surface area contributed by atoms with E-state index in [1.165, 1.54) is 15.0 Å². The maximum absolute atomic E-state index is 10.7. The maximum Gasteiger partial charge on any atom is 0.136 e. The van der Waals surface area contributed by atoms with Crippen molar-refractivity contribution in [2.75, 3.05) is 20.2 Å². The molecule has 2 aliphatic heterocycles. The molecule has 1 saturated heterocycles. The first-order chi connectivity index (χ1) is 15.4. The van der Waals surface area contributed by atoms with Crippen molar-refractivity contribution in [1.82, 2.24) is 4.90 Å². The summed E-state index contributed by atoms with van der Waals surface area (Å²) in [7, 11) is 1.69. The first kappa shape index (κ1) is 21.8. The molecule has 32 heavy (non-hydrogen) atoms. The van der Waals surface area contributed by atoms with E-state index in [9.17, 15) is 20.4 Å². The molecule has 3 heterocycles. The molecule has 7 nitrogen and oxygen atoms in total. The summed E-state index contributed by atoms with van der Waals surface area (Å²) >= 11 is 1.74. The topological polar surface area (TPSA) is 103 Å². The highest BCUT2D eigenvalue weighted by atomic mass is 32.1. The van der Waals surface area contributed by atoms with Gasteiger partial charge in [-0.2, -0.15) is 0 Å². The lowest BCUT2D eigenvalue weighted by Crippen LogP contribution is -2.61. The van der Waals surface area contributed by atoms with Crippen molar-refractivity contribution in [2.45, 2.75) is 43.2 Å². The number of fused-ring (bicyclic) bond motifs is 5. The zero-order valence-electron chi connectivity index (χ0n) is 17.7. The van der Waals surface area contributed by atoms with Gasteiger partial charge in [0.25, 0.3) is 0 Å². The molecule has 0 aliphatic carbocycles. The highest BCUT2D eigenvalue weighted by Gasteiger charge is 2.48. The second kappa shape index (κ2) is 8.72. The van der Waals surface area contributed by atoms with Crippen LogP contribution < -0.4 is 4.74 Å². The number of aliphatic hydroxyl groups excluding tert-OH is 4. The zero-order valence-corrected chi connectivity index (χ0v) is 18.5. The lowest BCUT2D eigenvalue weighted by Gasteiger charge is -2.45. The third kappa shape index (κ3) is 3.92. The molecule has 2 aliphatic rings. The smallest absolute Gasteiger partial charge is 0.136 e. The van der Waals surface area contributed by atoms with Crippen LogP contribution in [0.25, 0.3) is 10.1 Å². The number of rotatable bonds is 2. The van der Waals surface area contributed by atoms with Gasteiger partial charge in [-0.1, -0.05) is 24.3 Å². The van der Waals surface area contributed by atoms with Crippen LogP contribution in [0.5, 0.6) is 5.75 Å². The monoisotopic (exact) mass is 457 g/mol. The van der Waals surface area contributed by atoms with Gasteiger partial charge in [0.1, 0.15) is 49.1 Å². The number of benzene rings is 2. The average Bonchev–Trinajstić information content (AvgIpc) is 3.20. The Morgan fingerprint density at radius 2 is 1.81 bits per heavy atom. The van der Waals surface area contributed by atoms with Crippen LogP contribution >= 0.6 is 11.3 Å². The summed E-state index contributed by atoms with van der Waals surface area (Å²) in [5.41, 5.74) is 1.62. The minimum Gasteiger partial charge on any atom is -0.492 e. The summed E-state index contributed by atoms with van der Waals surface area (Å²) in [6, 6.07) is 16.2. The van der Waals surface area contributed by atoms with E-state index < -0.39 is 36.7 Å². The van der Waals surface area contributed by atoms with Crippen molar-refractivity contribution in [3.8, 4) is 5.75 Å². The first-order valence-electron chi connectivity index (χ1n) is 10.7. The van der Waals surface area contributed by atoms with Crippen LogP contribution in [0, 0.1) is 0 Å². The Morgan fingerprint density at radius 3 is 2.62 bits per heavy atom. The zero-order chi connectivity index (χ0) is 22.4. The van der Waals surface area contributed by atoms with E-state index in [2.05, 4.69) is 18.2 Å². The number of likely N-dealkylation sites (N-methyl/N-ethyl adjacent to an activating group) is 1. The van der Waals surface area contributed by atoms with Crippen molar-refractivity contribution in [3.63, 3.8) is 0 Å². The number of hydrogen-bond acceptors (Lipinski definition) is 8. The number of hydrogen-bond donors (Lipinski definition) is 4. The van der Waals surface area contributed by atoms with E-state index in [4.69, 9.17) is 9.47 Å². The third-order valence-electron chi connectivity index (χ3n) is 6.33. The van der Waals surface area contributed by atoms with E-state index in [-0.39, 0.29) is 0 Å². The van der Waals surface area contributed by atoms with Crippen molar-refractivity contribution < 1.29 is 29.9 Å². The van der Waals surface area contributed by atoms with E-state index in [1.807, 2.05) is 30.3 Å². The van der Waals surface area contributed by atoms with Gasteiger partial charge < -0.3 is 29.9 Å². The highest BCUT2D eigenvalue weighted by Crippen LogP contribution is 2.39. The van der Waals surface area contributed by atoms with Crippen LogP contribution in [0.4, 0.5) is 0 Å². The van der Waals surface area contributed by atoms with Crippen molar-refractivity contribution in [2.24, 2.45) is 0 Å².